The van der Waals surface area contributed by atoms with Crippen molar-refractivity contribution in [3.8, 4) is 0 Å². The lowest BCUT2D eigenvalue weighted by molar-refractivity contribution is -0.121. The number of carbonyl (C=O) groups is 1. The van der Waals surface area contributed by atoms with Gasteiger partial charge in [0.15, 0.2) is 4.96 Å². The van der Waals surface area contributed by atoms with Crippen molar-refractivity contribution in [2.45, 2.75) is 19.4 Å². The molecule has 0 saturated heterocycles. The lowest BCUT2D eigenvalue weighted by Gasteiger charge is -2.14. The maximum atomic E-state index is 12.1. The number of benzene rings is 1. The van der Waals surface area contributed by atoms with Crippen LogP contribution in [0.5, 0.6) is 0 Å². The molecule has 3 aromatic rings. The smallest absolute Gasteiger partial charge is 0.226 e. The largest absolute Gasteiger partial charge is 0.349 e. The van der Waals surface area contributed by atoms with Crippen molar-refractivity contribution < 1.29 is 4.79 Å². The number of amides is 1. The van der Waals surface area contributed by atoms with Gasteiger partial charge in [0, 0.05) is 22.8 Å². The molecule has 21 heavy (non-hydrogen) atoms. The summed E-state index contributed by atoms with van der Waals surface area (Å²) in [6.45, 7) is 1.95. The van der Waals surface area contributed by atoms with Crippen molar-refractivity contribution in [2.24, 2.45) is 0 Å². The number of hydrogen-bond donors (Lipinski definition) is 1. The Bertz CT molecular complexity index is 734. The number of carbonyl (C=O) groups excluding carboxylic acids is 1. The first-order valence-electron chi connectivity index (χ1n) is 6.58. The SMILES string of the molecule is CC(NC(=O)Cc1cn2ccsc2n1)c1ccc(Cl)cc1. The highest BCUT2D eigenvalue weighted by Crippen LogP contribution is 2.16. The number of hydrogen-bond acceptors (Lipinski definition) is 3. The molecule has 3 rings (SSSR count). The Labute approximate surface area is 131 Å². The van der Waals surface area contributed by atoms with Gasteiger partial charge in [-0.15, -0.1) is 11.3 Å². The first-order valence-corrected chi connectivity index (χ1v) is 7.83. The van der Waals surface area contributed by atoms with Gasteiger partial charge in [-0.1, -0.05) is 23.7 Å². The van der Waals surface area contributed by atoms with Crippen LogP contribution in [0, 0.1) is 0 Å². The first-order chi connectivity index (χ1) is 10.1. The summed E-state index contributed by atoms with van der Waals surface area (Å²) < 4.78 is 1.93. The van der Waals surface area contributed by atoms with Gasteiger partial charge < -0.3 is 5.32 Å². The predicted octanol–water partition coefficient (Wildman–Crippen LogP) is 3.47. The summed E-state index contributed by atoms with van der Waals surface area (Å²) in [5, 5.41) is 5.63. The number of rotatable bonds is 4. The Morgan fingerprint density at radius 3 is 2.90 bits per heavy atom. The Balaban J connectivity index is 1.63. The van der Waals surface area contributed by atoms with E-state index >= 15 is 0 Å². The van der Waals surface area contributed by atoms with E-state index in [1.165, 1.54) is 0 Å². The second-order valence-electron chi connectivity index (χ2n) is 4.84. The van der Waals surface area contributed by atoms with Crippen LogP contribution < -0.4 is 5.32 Å². The van der Waals surface area contributed by atoms with Crippen molar-refractivity contribution in [1.29, 1.82) is 0 Å². The summed E-state index contributed by atoms with van der Waals surface area (Å²) in [6, 6.07) is 7.42. The van der Waals surface area contributed by atoms with Crippen LogP contribution in [0.4, 0.5) is 0 Å². The number of halogens is 1. The minimum Gasteiger partial charge on any atom is -0.349 e. The molecule has 0 saturated carbocycles. The molecule has 4 nitrogen and oxygen atoms in total. The molecule has 108 valence electrons. The molecule has 0 fully saturated rings. The Hall–Kier alpha value is -1.85. The van der Waals surface area contributed by atoms with Gasteiger partial charge in [0.2, 0.25) is 5.91 Å². The molecule has 6 heteroatoms. The van der Waals surface area contributed by atoms with E-state index in [0.717, 1.165) is 16.2 Å². The fraction of sp³-hybridized carbons (Fsp3) is 0.200. The molecule has 0 radical (unpaired) electrons. The van der Waals surface area contributed by atoms with Gasteiger partial charge in [0.1, 0.15) is 0 Å². The van der Waals surface area contributed by atoms with E-state index in [-0.39, 0.29) is 18.4 Å². The van der Waals surface area contributed by atoms with Crippen LogP contribution in [0.25, 0.3) is 4.96 Å². The Morgan fingerprint density at radius 1 is 1.43 bits per heavy atom. The standard InChI is InChI=1S/C15H14ClN3OS/c1-10(11-2-4-12(16)5-3-11)17-14(20)8-13-9-19-6-7-21-15(19)18-13/h2-7,9-10H,8H2,1H3,(H,17,20). The summed E-state index contributed by atoms with van der Waals surface area (Å²) >= 11 is 7.42. The molecule has 1 aromatic carbocycles. The van der Waals surface area contributed by atoms with Crippen LogP contribution in [0.3, 0.4) is 0 Å². The number of imidazole rings is 1. The third-order valence-electron chi connectivity index (χ3n) is 3.23. The fourth-order valence-electron chi connectivity index (χ4n) is 2.15. The van der Waals surface area contributed by atoms with Crippen molar-refractivity contribution >= 4 is 33.8 Å². The number of fused-ring (bicyclic) bond motifs is 1. The molecule has 0 spiro atoms. The van der Waals surface area contributed by atoms with Gasteiger partial charge in [-0.3, -0.25) is 9.20 Å². The summed E-state index contributed by atoms with van der Waals surface area (Å²) in [4.78, 5) is 17.4. The minimum absolute atomic E-state index is 0.0387. The third kappa shape index (κ3) is 3.25. The molecule has 1 amide bonds. The highest BCUT2D eigenvalue weighted by atomic mass is 35.5. The lowest BCUT2D eigenvalue weighted by Crippen LogP contribution is -2.28. The summed E-state index contributed by atoms with van der Waals surface area (Å²) in [5.74, 6) is -0.0387. The number of nitrogens with zero attached hydrogens (tertiary/aromatic N) is 2. The molecule has 2 heterocycles. The summed E-state index contributed by atoms with van der Waals surface area (Å²) in [5.41, 5.74) is 1.81. The Kier molecular flexibility index (Phi) is 3.94. The van der Waals surface area contributed by atoms with E-state index < -0.39 is 0 Å². The second kappa shape index (κ2) is 5.87. The van der Waals surface area contributed by atoms with Crippen molar-refractivity contribution in [3.63, 3.8) is 0 Å². The zero-order valence-corrected chi connectivity index (χ0v) is 13.0. The summed E-state index contributed by atoms with van der Waals surface area (Å²) in [6.07, 6.45) is 4.11. The van der Waals surface area contributed by atoms with Crippen LogP contribution in [0.1, 0.15) is 24.2 Å². The van der Waals surface area contributed by atoms with Crippen LogP contribution in [0.15, 0.2) is 42.0 Å². The highest BCUT2D eigenvalue weighted by Gasteiger charge is 2.12. The van der Waals surface area contributed by atoms with Gasteiger partial charge in [0.05, 0.1) is 18.2 Å². The number of nitrogens with one attached hydrogen (secondary N) is 1. The molecule has 0 aliphatic rings. The van der Waals surface area contributed by atoms with E-state index in [4.69, 9.17) is 11.6 Å². The molecule has 0 bridgehead atoms. The molecule has 2 aromatic heterocycles. The molecule has 1 atom stereocenters. The van der Waals surface area contributed by atoms with Crippen LogP contribution in [0.2, 0.25) is 5.02 Å². The van der Waals surface area contributed by atoms with Gasteiger partial charge in [-0.25, -0.2) is 4.98 Å². The lowest BCUT2D eigenvalue weighted by atomic mass is 10.1. The van der Waals surface area contributed by atoms with Gasteiger partial charge in [-0.05, 0) is 24.6 Å². The van der Waals surface area contributed by atoms with E-state index in [2.05, 4.69) is 10.3 Å². The topological polar surface area (TPSA) is 46.4 Å². The van der Waals surface area contributed by atoms with E-state index in [1.54, 1.807) is 11.3 Å². The predicted molar refractivity (Wildman–Crippen MR) is 84.8 cm³/mol. The molecular weight excluding hydrogens is 306 g/mol. The van der Waals surface area contributed by atoms with E-state index in [1.807, 2.05) is 53.4 Å². The van der Waals surface area contributed by atoms with Crippen molar-refractivity contribution in [2.75, 3.05) is 0 Å². The van der Waals surface area contributed by atoms with Crippen molar-refractivity contribution in [1.82, 2.24) is 14.7 Å². The highest BCUT2D eigenvalue weighted by molar-refractivity contribution is 7.15. The van der Waals surface area contributed by atoms with Gasteiger partial charge >= 0.3 is 0 Å². The first kappa shape index (κ1) is 14.1. The number of aromatic nitrogens is 2. The molecule has 0 aliphatic carbocycles. The van der Waals surface area contributed by atoms with Crippen LogP contribution in [-0.2, 0) is 11.2 Å². The quantitative estimate of drug-likeness (QED) is 0.800. The average molecular weight is 320 g/mol. The average Bonchev–Trinajstić information content (AvgIpc) is 3.00. The minimum atomic E-state index is -0.0569. The normalized spacial score (nSPS) is 12.5. The molecule has 1 unspecified atom stereocenters. The fourth-order valence-corrected chi connectivity index (χ4v) is 3.00. The van der Waals surface area contributed by atoms with Crippen LogP contribution in [-0.4, -0.2) is 15.3 Å². The van der Waals surface area contributed by atoms with E-state index in [9.17, 15) is 4.79 Å². The monoisotopic (exact) mass is 319 g/mol. The second-order valence-corrected chi connectivity index (χ2v) is 6.15. The molecule has 0 aliphatic heterocycles. The van der Waals surface area contributed by atoms with E-state index in [0.29, 0.717) is 5.02 Å². The Morgan fingerprint density at radius 2 is 2.19 bits per heavy atom. The van der Waals surface area contributed by atoms with Gasteiger partial charge in [0.25, 0.3) is 0 Å². The molecule has 1 N–H and O–H groups in total. The van der Waals surface area contributed by atoms with Gasteiger partial charge in [-0.2, -0.15) is 0 Å². The summed E-state index contributed by atoms with van der Waals surface area (Å²) in [7, 11) is 0. The maximum Gasteiger partial charge on any atom is 0.226 e. The number of thiazole rings is 1. The maximum absolute atomic E-state index is 12.1. The van der Waals surface area contributed by atoms with Crippen molar-refractivity contribution in [3.05, 3.63) is 58.3 Å². The zero-order valence-electron chi connectivity index (χ0n) is 11.4. The zero-order chi connectivity index (χ0) is 14.8. The van der Waals surface area contributed by atoms with Crippen LogP contribution >= 0.6 is 22.9 Å². The molecular formula is C15H14ClN3OS. The third-order valence-corrected chi connectivity index (χ3v) is 4.26.